The molecule has 0 spiro atoms. The Balaban J connectivity index is 1.80. The van der Waals surface area contributed by atoms with E-state index in [-0.39, 0.29) is 12.6 Å². The third-order valence-corrected chi connectivity index (χ3v) is 4.44. The van der Waals surface area contributed by atoms with E-state index in [0.29, 0.717) is 19.1 Å². The molecule has 0 aromatic heterocycles. The number of hydrogen-bond acceptors (Lipinski definition) is 4. The Morgan fingerprint density at radius 1 is 1.30 bits per heavy atom. The molecule has 0 bridgehead atoms. The lowest BCUT2D eigenvalue weighted by atomic mass is 9.91. The number of hydrogen-bond donors (Lipinski definition) is 1. The SMILES string of the molecule is CC1CCCN(Cc2cccc3c2OCCO3)C1CO. The first-order valence-electron chi connectivity index (χ1n) is 7.52. The van der Waals surface area contributed by atoms with Crippen molar-refractivity contribution in [1.82, 2.24) is 4.90 Å². The molecule has 1 fully saturated rings. The third-order valence-electron chi connectivity index (χ3n) is 4.44. The van der Waals surface area contributed by atoms with E-state index in [4.69, 9.17) is 9.47 Å². The molecule has 2 unspecified atom stereocenters. The Kier molecular flexibility index (Phi) is 4.13. The number of para-hydroxylation sites is 1. The van der Waals surface area contributed by atoms with E-state index >= 15 is 0 Å². The van der Waals surface area contributed by atoms with Crippen LogP contribution in [-0.4, -0.2) is 42.4 Å². The van der Waals surface area contributed by atoms with E-state index in [9.17, 15) is 5.11 Å². The first kappa shape index (κ1) is 13.7. The van der Waals surface area contributed by atoms with Crippen LogP contribution in [0.5, 0.6) is 11.5 Å². The molecule has 2 aliphatic rings. The standard InChI is InChI=1S/C16H23NO3/c1-12-4-3-7-17(14(12)11-18)10-13-5-2-6-15-16(13)20-9-8-19-15/h2,5-6,12,14,18H,3-4,7-11H2,1H3. The molecular formula is C16H23NO3. The second-order valence-corrected chi connectivity index (χ2v) is 5.78. The molecule has 2 aliphatic heterocycles. The highest BCUT2D eigenvalue weighted by atomic mass is 16.6. The summed E-state index contributed by atoms with van der Waals surface area (Å²) in [7, 11) is 0. The number of benzene rings is 1. The Morgan fingerprint density at radius 2 is 2.15 bits per heavy atom. The highest BCUT2D eigenvalue weighted by Crippen LogP contribution is 2.35. The maximum atomic E-state index is 9.65. The van der Waals surface area contributed by atoms with Gasteiger partial charge in [-0.15, -0.1) is 0 Å². The van der Waals surface area contributed by atoms with Gasteiger partial charge in [0.15, 0.2) is 11.5 Å². The smallest absolute Gasteiger partial charge is 0.165 e. The van der Waals surface area contributed by atoms with Crippen molar-refractivity contribution in [3.63, 3.8) is 0 Å². The molecule has 1 aromatic carbocycles. The molecule has 0 aliphatic carbocycles. The monoisotopic (exact) mass is 277 g/mol. The fourth-order valence-electron chi connectivity index (χ4n) is 3.30. The lowest BCUT2D eigenvalue weighted by molar-refractivity contribution is 0.0460. The number of aliphatic hydroxyl groups is 1. The van der Waals surface area contributed by atoms with Crippen molar-refractivity contribution in [3.05, 3.63) is 23.8 Å². The van der Waals surface area contributed by atoms with E-state index in [2.05, 4.69) is 17.9 Å². The van der Waals surface area contributed by atoms with Crippen LogP contribution in [0.1, 0.15) is 25.3 Å². The largest absolute Gasteiger partial charge is 0.486 e. The third kappa shape index (κ3) is 2.63. The van der Waals surface area contributed by atoms with Crippen molar-refractivity contribution in [2.45, 2.75) is 32.4 Å². The average molecular weight is 277 g/mol. The number of ether oxygens (including phenoxy) is 2. The van der Waals surface area contributed by atoms with Gasteiger partial charge >= 0.3 is 0 Å². The maximum absolute atomic E-state index is 9.65. The first-order valence-corrected chi connectivity index (χ1v) is 7.52. The van der Waals surface area contributed by atoms with Gasteiger partial charge in [-0.25, -0.2) is 0 Å². The van der Waals surface area contributed by atoms with Crippen LogP contribution in [0.15, 0.2) is 18.2 Å². The molecule has 4 nitrogen and oxygen atoms in total. The number of rotatable bonds is 3. The van der Waals surface area contributed by atoms with Gasteiger partial charge in [0.1, 0.15) is 13.2 Å². The van der Waals surface area contributed by atoms with Crippen LogP contribution in [0.4, 0.5) is 0 Å². The van der Waals surface area contributed by atoms with Crippen molar-refractivity contribution >= 4 is 0 Å². The minimum absolute atomic E-state index is 0.230. The van der Waals surface area contributed by atoms with Gasteiger partial charge in [0.05, 0.1) is 6.61 Å². The summed E-state index contributed by atoms with van der Waals surface area (Å²) in [6.07, 6.45) is 2.40. The minimum Gasteiger partial charge on any atom is -0.486 e. The van der Waals surface area contributed by atoms with Crippen molar-refractivity contribution in [1.29, 1.82) is 0 Å². The molecular weight excluding hydrogens is 254 g/mol. The number of fused-ring (bicyclic) bond motifs is 1. The average Bonchev–Trinajstić information content (AvgIpc) is 2.48. The molecule has 110 valence electrons. The van der Waals surface area contributed by atoms with Crippen LogP contribution in [-0.2, 0) is 6.54 Å². The van der Waals surface area contributed by atoms with E-state index in [1.54, 1.807) is 0 Å². The molecule has 2 atom stereocenters. The zero-order valence-corrected chi connectivity index (χ0v) is 12.0. The predicted molar refractivity (Wildman–Crippen MR) is 77.1 cm³/mol. The Morgan fingerprint density at radius 3 is 3.00 bits per heavy atom. The van der Waals surface area contributed by atoms with Gasteiger partial charge in [-0.3, -0.25) is 4.90 Å². The molecule has 1 saturated heterocycles. The van der Waals surface area contributed by atoms with E-state index in [1.165, 1.54) is 12.8 Å². The van der Waals surface area contributed by atoms with Gasteiger partial charge in [0.2, 0.25) is 0 Å². The van der Waals surface area contributed by atoms with Crippen LogP contribution < -0.4 is 9.47 Å². The van der Waals surface area contributed by atoms with Crippen molar-refractivity contribution in [3.8, 4) is 11.5 Å². The predicted octanol–water partition coefficient (Wildman–Crippen LogP) is 2.05. The van der Waals surface area contributed by atoms with Crippen LogP contribution in [0.2, 0.25) is 0 Å². The first-order chi connectivity index (χ1) is 9.79. The van der Waals surface area contributed by atoms with Gasteiger partial charge in [0, 0.05) is 18.2 Å². The number of piperidine rings is 1. The van der Waals surface area contributed by atoms with Crippen molar-refractivity contribution in [2.24, 2.45) is 5.92 Å². The van der Waals surface area contributed by atoms with E-state index in [0.717, 1.165) is 30.2 Å². The summed E-state index contributed by atoms with van der Waals surface area (Å²) in [6, 6.07) is 6.33. The maximum Gasteiger partial charge on any atom is 0.165 e. The van der Waals surface area contributed by atoms with Crippen LogP contribution in [0, 0.1) is 5.92 Å². The van der Waals surface area contributed by atoms with Gasteiger partial charge < -0.3 is 14.6 Å². The second-order valence-electron chi connectivity index (χ2n) is 5.78. The summed E-state index contributed by atoms with van der Waals surface area (Å²) in [5.74, 6) is 2.28. The molecule has 20 heavy (non-hydrogen) atoms. The van der Waals surface area contributed by atoms with E-state index < -0.39 is 0 Å². The highest BCUT2D eigenvalue weighted by Gasteiger charge is 2.29. The Bertz CT molecular complexity index is 463. The fourth-order valence-corrected chi connectivity index (χ4v) is 3.30. The van der Waals surface area contributed by atoms with Crippen molar-refractivity contribution < 1.29 is 14.6 Å². The molecule has 4 heteroatoms. The van der Waals surface area contributed by atoms with Crippen LogP contribution in [0.3, 0.4) is 0 Å². The molecule has 0 radical (unpaired) electrons. The quantitative estimate of drug-likeness (QED) is 0.918. The van der Waals surface area contributed by atoms with Crippen LogP contribution >= 0.6 is 0 Å². The van der Waals surface area contributed by atoms with Gasteiger partial charge in [-0.05, 0) is 31.4 Å². The molecule has 2 heterocycles. The summed E-state index contributed by atoms with van der Waals surface area (Å²) in [5, 5.41) is 9.65. The van der Waals surface area contributed by atoms with Crippen molar-refractivity contribution in [2.75, 3.05) is 26.4 Å². The summed E-state index contributed by atoms with van der Waals surface area (Å²) >= 11 is 0. The van der Waals surface area contributed by atoms with E-state index in [1.807, 2.05) is 12.1 Å². The molecule has 1 N–H and O–H groups in total. The number of aliphatic hydroxyl groups excluding tert-OH is 1. The molecule has 0 amide bonds. The topological polar surface area (TPSA) is 41.9 Å². The summed E-state index contributed by atoms with van der Waals surface area (Å²) < 4.78 is 11.4. The van der Waals surface area contributed by atoms with Gasteiger partial charge in [-0.2, -0.15) is 0 Å². The zero-order chi connectivity index (χ0) is 13.9. The molecule has 3 rings (SSSR count). The van der Waals surface area contributed by atoms with Gasteiger partial charge in [0.25, 0.3) is 0 Å². The Hall–Kier alpha value is -1.26. The molecule has 0 saturated carbocycles. The number of likely N-dealkylation sites (tertiary alicyclic amines) is 1. The minimum atomic E-state index is 0.230. The molecule has 1 aromatic rings. The lowest BCUT2D eigenvalue weighted by Crippen LogP contribution is -2.46. The zero-order valence-electron chi connectivity index (χ0n) is 12.0. The van der Waals surface area contributed by atoms with Crippen LogP contribution in [0.25, 0.3) is 0 Å². The summed E-state index contributed by atoms with van der Waals surface area (Å²) in [6.45, 7) is 5.56. The normalized spacial score (nSPS) is 26.5. The lowest BCUT2D eigenvalue weighted by Gasteiger charge is -2.39. The van der Waals surface area contributed by atoms with Gasteiger partial charge in [-0.1, -0.05) is 19.1 Å². The highest BCUT2D eigenvalue weighted by molar-refractivity contribution is 5.47. The second kappa shape index (κ2) is 6.02. The number of nitrogens with zero attached hydrogens (tertiary/aromatic N) is 1. The fraction of sp³-hybridized carbons (Fsp3) is 0.625. The summed E-state index contributed by atoms with van der Waals surface area (Å²) in [4.78, 5) is 2.38. The summed E-state index contributed by atoms with van der Waals surface area (Å²) in [5.41, 5.74) is 1.16. The Labute approximate surface area is 120 Å².